The van der Waals surface area contributed by atoms with Gasteiger partial charge in [-0.15, -0.1) is 0 Å². The predicted octanol–water partition coefficient (Wildman–Crippen LogP) is 4.53. The van der Waals surface area contributed by atoms with Crippen molar-refractivity contribution in [3.05, 3.63) is 77.9 Å². The molecule has 0 aromatic heterocycles. The number of nitrogens with zero attached hydrogens (tertiary/aromatic N) is 1. The Kier molecular flexibility index (Phi) is 5.64. The van der Waals surface area contributed by atoms with Gasteiger partial charge in [-0.3, -0.25) is 4.79 Å². The number of hydrazone groups is 1. The lowest BCUT2D eigenvalue weighted by Gasteiger charge is -2.08. The highest BCUT2D eigenvalue weighted by Gasteiger charge is 2.03. The molecule has 132 valence electrons. The number of hydrogen-bond acceptors (Lipinski definition) is 3. The smallest absolute Gasteiger partial charge is 0.259 e. The average molecular weight is 345 g/mol. The van der Waals surface area contributed by atoms with E-state index in [1.54, 1.807) is 6.21 Å². The number of benzene rings is 3. The van der Waals surface area contributed by atoms with Gasteiger partial charge in [0.15, 0.2) is 0 Å². The third-order valence-electron chi connectivity index (χ3n) is 4.24. The first-order valence-corrected chi connectivity index (χ1v) is 8.77. The highest BCUT2D eigenvalue weighted by atomic mass is 16.2. The fraction of sp³-hybridized carbons (Fsp3) is 0.182. The van der Waals surface area contributed by atoms with E-state index in [1.807, 2.05) is 42.5 Å². The van der Waals surface area contributed by atoms with Crippen molar-refractivity contribution < 1.29 is 4.79 Å². The Labute approximate surface area is 153 Å². The molecule has 0 saturated heterocycles. The van der Waals surface area contributed by atoms with E-state index in [0.29, 0.717) is 5.92 Å². The van der Waals surface area contributed by atoms with Gasteiger partial charge in [0.1, 0.15) is 0 Å². The van der Waals surface area contributed by atoms with Crippen LogP contribution in [0.4, 0.5) is 5.69 Å². The monoisotopic (exact) mass is 345 g/mol. The Balaban J connectivity index is 1.54. The van der Waals surface area contributed by atoms with E-state index < -0.39 is 0 Å². The number of carbonyl (C=O) groups excluding carboxylic acids is 1. The summed E-state index contributed by atoms with van der Waals surface area (Å²) in [4.78, 5) is 12.0. The minimum atomic E-state index is -0.187. The quantitative estimate of drug-likeness (QED) is 0.509. The summed E-state index contributed by atoms with van der Waals surface area (Å²) in [5.74, 6) is 0.314. The highest BCUT2D eigenvalue weighted by molar-refractivity contribution is 5.95. The lowest BCUT2D eigenvalue weighted by molar-refractivity contribution is -0.119. The number of rotatable bonds is 6. The SMILES string of the molecule is CC(C)c1ccc(C=NNC(=O)CNc2cccc3ccccc23)cc1. The lowest BCUT2D eigenvalue weighted by atomic mass is 10.0. The number of anilines is 1. The summed E-state index contributed by atoms with van der Waals surface area (Å²) in [5, 5.41) is 9.43. The number of nitrogens with one attached hydrogen (secondary N) is 2. The molecular weight excluding hydrogens is 322 g/mol. The van der Waals surface area contributed by atoms with Gasteiger partial charge in [0, 0.05) is 11.1 Å². The number of amides is 1. The van der Waals surface area contributed by atoms with Gasteiger partial charge >= 0.3 is 0 Å². The molecule has 3 rings (SSSR count). The topological polar surface area (TPSA) is 53.5 Å². The molecule has 26 heavy (non-hydrogen) atoms. The third kappa shape index (κ3) is 4.48. The first kappa shape index (κ1) is 17.7. The van der Waals surface area contributed by atoms with Gasteiger partial charge in [-0.1, -0.05) is 74.5 Å². The molecule has 3 aromatic carbocycles. The van der Waals surface area contributed by atoms with Gasteiger partial charge in [0.05, 0.1) is 12.8 Å². The van der Waals surface area contributed by atoms with E-state index in [0.717, 1.165) is 22.0 Å². The van der Waals surface area contributed by atoms with E-state index in [4.69, 9.17) is 0 Å². The molecule has 4 heteroatoms. The van der Waals surface area contributed by atoms with Gasteiger partial charge in [0.25, 0.3) is 5.91 Å². The summed E-state index contributed by atoms with van der Waals surface area (Å²) in [5.41, 5.74) is 5.73. The van der Waals surface area contributed by atoms with Gasteiger partial charge in [-0.05, 0) is 28.5 Å². The van der Waals surface area contributed by atoms with E-state index in [9.17, 15) is 4.79 Å². The van der Waals surface area contributed by atoms with Crippen LogP contribution in [-0.4, -0.2) is 18.7 Å². The van der Waals surface area contributed by atoms with E-state index in [1.165, 1.54) is 5.56 Å². The molecule has 0 bridgehead atoms. The maximum Gasteiger partial charge on any atom is 0.259 e. The van der Waals surface area contributed by atoms with Gasteiger partial charge < -0.3 is 5.32 Å². The molecule has 0 heterocycles. The van der Waals surface area contributed by atoms with Gasteiger partial charge in [-0.2, -0.15) is 5.10 Å². The second kappa shape index (κ2) is 8.30. The van der Waals surface area contributed by atoms with Crippen LogP contribution in [0, 0.1) is 0 Å². The summed E-state index contributed by atoms with van der Waals surface area (Å²) >= 11 is 0. The molecule has 0 aliphatic rings. The zero-order valence-corrected chi connectivity index (χ0v) is 15.1. The molecule has 4 nitrogen and oxygen atoms in total. The summed E-state index contributed by atoms with van der Waals surface area (Å²) in [7, 11) is 0. The van der Waals surface area contributed by atoms with Crippen LogP contribution in [0.2, 0.25) is 0 Å². The Morgan fingerprint density at radius 2 is 1.73 bits per heavy atom. The van der Waals surface area contributed by atoms with Gasteiger partial charge in [0.2, 0.25) is 0 Å². The Hall–Kier alpha value is -3.14. The lowest BCUT2D eigenvalue weighted by Crippen LogP contribution is -2.25. The van der Waals surface area contributed by atoms with Crippen molar-refractivity contribution in [2.24, 2.45) is 5.10 Å². The molecular formula is C22H23N3O. The van der Waals surface area contributed by atoms with E-state index in [-0.39, 0.29) is 12.5 Å². The van der Waals surface area contributed by atoms with Crippen LogP contribution in [0.15, 0.2) is 71.8 Å². The third-order valence-corrected chi connectivity index (χ3v) is 4.24. The van der Waals surface area contributed by atoms with Crippen molar-refractivity contribution in [2.45, 2.75) is 19.8 Å². The second-order valence-corrected chi connectivity index (χ2v) is 6.49. The van der Waals surface area contributed by atoms with Crippen molar-refractivity contribution >= 4 is 28.6 Å². The van der Waals surface area contributed by atoms with Crippen molar-refractivity contribution in [3.63, 3.8) is 0 Å². The molecule has 0 spiro atoms. The second-order valence-electron chi connectivity index (χ2n) is 6.49. The number of carbonyl (C=O) groups is 1. The molecule has 0 radical (unpaired) electrons. The summed E-state index contributed by atoms with van der Waals surface area (Å²) < 4.78 is 0. The number of hydrogen-bond donors (Lipinski definition) is 2. The first-order chi connectivity index (χ1) is 12.6. The molecule has 0 saturated carbocycles. The van der Waals surface area contributed by atoms with Crippen molar-refractivity contribution in [1.82, 2.24) is 5.43 Å². The average Bonchev–Trinajstić information content (AvgIpc) is 2.66. The molecule has 3 aromatic rings. The summed E-state index contributed by atoms with van der Waals surface area (Å²) in [6.45, 7) is 4.48. The molecule has 0 aliphatic carbocycles. The van der Waals surface area contributed by atoms with E-state index in [2.05, 4.69) is 54.0 Å². The Morgan fingerprint density at radius 3 is 2.50 bits per heavy atom. The van der Waals surface area contributed by atoms with Crippen LogP contribution in [-0.2, 0) is 4.79 Å². The minimum Gasteiger partial charge on any atom is -0.376 e. The van der Waals surface area contributed by atoms with E-state index >= 15 is 0 Å². The zero-order chi connectivity index (χ0) is 18.4. The van der Waals surface area contributed by atoms with Crippen LogP contribution in [0.5, 0.6) is 0 Å². The molecule has 1 amide bonds. The van der Waals surface area contributed by atoms with Crippen LogP contribution in [0.3, 0.4) is 0 Å². The summed E-state index contributed by atoms with van der Waals surface area (Å²) in [6, 6.07) is 22.2. The Morgan fingerprint density at radius 1 is 1.00 bits per heavy atom. The molecule has 0 fully saturated rings. The minimum absolute atomic E-state index is 0.164. The fourth-order valence-corrected chi connectivity index (χ4v) is 2.74. The van der Waals surface area contributed by atoms with Crippen molar-refractivity contribution in [1.29, 1.82) is 0 Å². The van der Waals surface area contributed by atoms with Crippen molar-refractivity contribution in [3.8, 4) is 0 Å². The maximum absolute atomic E-state index is 12.0. The highest BCUT2D eigenvalue weighted by Crippen LogP contribution is 2.22. The molecule has 0 unspecified atom stereocenters. The van der Waals surface area contributed by atoms with Gasteiger partial charge in [-0.25, -0.2) is 5.43 Å². The van der Waals surface area contributed by atoms with Crippen LogP contribution in [0.1, 0.15) is 30.9 Å². The zero-order valence-electron chi connectivity index (χ0n) is 15.1. The van der Waals surface area contributed by atoms with Crippen LogP contribution in [0.25, 0.3) is 10.8 Å². The maximum atomic E-state index is 12.0. The summed E-state index contributed by atoms with van der Waals surface area (Å²) in [6.07, 6.45) is 1.65. The Bertz CT molecular complexity index is 909. The predicted molar refractivity (Wildman–Crippen MR) is 109 cm³/mol. The van der Waals surface area contributed by atoms with Crippen LogP contribution >= 0.6 is 0 Å². The van der Waals surface area contributed by atoms with Crippen molar-refractivity contribution in [2.75, 3.05) is 11.9 Å². The largest absolute Gasteiger partial charge is 0.376 e. The normalized spacial score (nSPS) is 11.2. The molecule has 2 N–H and O–H groups in total. The standard InChI is InChI=1S/C22H23N3O/c1-16(2)18-12-10-17(11-13-18)14-24-25-22(26)15-23-21-9-5-7-19-6-3-4-8-20(19)21/h3-14,16,23H,15H2,1-2H3,(H,25,26). The fourth-order valence-electron chi connectivity index (χ4n) is 2.74. The first-order valence-electron chi connectivity index (χ1n) is 8.77. The number of fused-ring (bicyclic) bond motifs is 1. The van der Waals surface area contributed by atoms with Crippen LogP contribution < -0.4 is 10.7 Å². The molecule has 0 aliphatic heterocycles. The molecule has 0 atom stereocenters.